The van der Waals surface area contributed by atoms with Gasteiger partial charge < -0.3 is 19.3 Å². The molecular formula is C17H25N3O4S. The van der Waals surface area contributed by atoms with Crippen LogP contribution >= 0.6 is 11.3 Å². The van der Waals surface area contributed by atoms with Crippen LogP contribution in [0.1, 0.15) is 37.6 Å². The number of carbonyl (C=O) groups excluding carboxylic acids is 2. The second-order valence-corrected chi connectivity index (χ2v) is 7.29. The first-order valence-corrected chi connectivity index (χ1v) is 9.79. The molecule has 1 atom stereocenters. The van der Waals surface area contributed by atoms with Gasteiger partial charge in [-0.25, -0.2) is 9.78 Å². The lowest BCUT2D eigenvalue weighted by molar-refractivity contribution is -0.145. The molecule has 0 radical (unpaired) electrons. The summed E-state index contributed by atoms with van der Waals surface area (Å²) in [5.74, 6) is 0.0577. The molecule has 138 valence electrons. The first-order valence-electron chi connectivity index (χ1n) is 8.91. The number of carbonyl (C=O) groups is 2. The summed E-state index contributed by atoms with van der Waals surface area (Å²) in [5.41, 5.74) is 0. The Balaban J connectivity index is 1.65. The molecule has 2 amide bonds. The quantitative estimate of drug-likeness (QED) is 0.798. The SMILES string of the molecule is CCOC(=O)N1CCC(N(Cc2nccs2)C(=O)[C@@H]2CCCO2)CC1. The van der Waals surface area contributed by atoms with E-state index >= 15 is 0 Å². The van der Waals surface area contributed by atoms with Gasteiger partial charge in [-0.3, -0.25) is 4.79 Å². The molecule has 2 aliphatic rings. The van der Waals surface area contributed by atoms with E-state index in [2.05, 4.69) is 4.98 Å². The zero-order valence-corrected chi connectivity index (χ0v) is 15.4. The summed E-state index contributed by atoms with van der Waals surface area (Å²) in [5, 5.41) is 2.85. The first kappa shape index (κ1) is 18.1. The largest absolute Gasteiger partial charge is 0.450 e. The summed E-state index contributed by atoms with van der Waals surface area (Å²) in [4.78, 5) is 32.8. The second-order valence-electron chi connectivity index (χ2n) is 6.31. The minimum Gasteiger partial charge on any atom is -0.450 e. The molecule has 0 aromatic carbocycles. The number of ether oxygens (including phenoxy) is 2. The summed E-state index contributed by atoms with van der Waals surface area (Å²) in [7, 11) is 0. The lowest BCUT2D eigenvalue weighted by Crippen LogP contribution is -2.51. The van der Waals surface area contributed by atoms with Crippen molar-refractivity contribution < 1.29 is 19.1 Å². The maximum absolute atomic E-state index is 13.0. The van der Waals surface area contributed by atoms with Gasteiger partial charge in [0.05, 0.1) is 13.2 Å². The van der Waals surface area contributed by atoms with Gasteiger partial charge in [0.25, 0.3) is 5.91 Å². The van der Waals surface area contributed by atoms with E-state index in [1.54, 1.807) is 29.4 Å². The van der Waals surface area contributed by atoms with Crippen LogP contribution in [0.3, 0.4) is 0 Å². The molecule has 2 aliphatic heterocycles. The summed E-state index contributed by atoms with van der Waals surface area (Å²) in [6.45, 7) is 4.57. The lowest BCUT2D eigenvalue weighted by atomic mass is 10.0. The number of aromatic nitrogens is 1. The summed E-state index contributed by atoms with van der Waals surface area (Å²) >= 11 is 1.56. The van der Waals surface area contributed by atoms with Crippen molar-refractivity contribution in [3.8, 4) is 0 Å². The molecule has 3 heterocycles. The Kier molecular flexibility index (Phi) is 6.25. The third-order valence-electron chi connectivity index (χ3n) is 4.71. The lowest BCUT2D eigenvalue weighted by Gasteiger charge is -2.38. The highest BCUT2D eigenvalue weighted by molar-refractivity contribution is 7.09. The number of rotatable bonds is 5. The third kappa shape index (κ3) is 4.49. The van der Waals surface area contributed by atoms with Gasteiger partial charge in [-0.1, -0.05) is 0 Å². The molecule has 3 rings (SSSR count). The van der Waals surface area contributed by atoms with E-state index < -0.39 is 0 Å². The van der Waals surface area contributed by atoms with Crippen LogP contribution in [0.2, 0.25) is 0 Å². The predicted octanol–water partition coefficient (Wildman–Crippen LogP) is 2.27. The van der Waals surface area contributed by atoms with Crippen LogP contribution in [0.5, 0.6) is 0 Å². The van der Waals surface area contributed by atoms with Crippen LogP contribution < -0.4 is 0 Å². The minimum absolute atomic E-state index is 0.0577. The van der Waals surface area contributed by atoms with E-state index in [1.807, 2.05) is 10.3 Å². The topological polar surface area (TPSA) is 72.0 Å². The highest BCUT2D eigenvalue weighted by Crippen LogP contribution is 2.24. The van der Waals surface area contributed by atoms with Crippen LogP contribution in [-0.2, 0) is 20.8 Å². The van der Waals surface area contributed by atoms with Gasteiger partial charge >= 0.3 is 6.09 Å². The Hall–Kier alpha value is -1.67. The molecule has 1 aromatic rings. The van der Waals surface area contributed by atoms with Gasteiger partial charge in [-0.05, 0) is 32.6 Å². The summed E-state index contributed by atoms with van der Waals surface area (Å²) in [6, 6.07) is 0.103. The Bertz CT molecular complexity index is 566. The standard InChI is InChI=1S/C17H25N3O4S/c1-2-23-17(22)19-8-5-13(6-9-19)20(12-15-18-7-11-25-15)16(21)14-4-3-10-24-14/h7,11,13-14H,2-6,8-10,12H2,1H3/t14-/m0/s1. The van der Waals surface area contributed by atoms with Crippen molar-refractivity contribution in [1.82, 2.24) is 14.8 Å². The Labute approximate surface area is 151 Å². The van der Waals surface area contributed by atoms with Crippen LogP contribution in [0, 0.1) is 0 Å². The van der Waals surface area contributed by atoms with E-state index in [0.717, 1.165) is 30.7 Å². The summed E-state index contributed by atoms with van der Waals surface area (Å²) < 4.78 is 10.7. The molecule has 0 spiro atoms. The van der Waals surface area contributed by atoms with Gasteiger partial charge in [0.2, 0.25) is 0 Å². The molecule has 0 bridgehead atoms. The fourth-order valence-corrected chi connectivity index (χ4v) is 4.01. The molecule has 2 fully saturated rings. The van der Waals surface area contributed by atoms with Crippen molar-refractivity contribution in [3.63, 3.8) is 0 Å². The number of nitrogens with zero attached hydrogens (tertiary/aromatic N) is 3. The molecule has 1 aromatic heterocycles. The van der Waals surface area contributed by atoms with Crippen molar-refractivity contribution in [2.75, 3.05) is 26.3 Å². The average Bonchev–Trinajstić information content (AvgIpc) is 3.33. The number of thiazole rings is 1. The molecule has 0 unspecified atom stereocenters. The minimum atomic E-state index is -0.331. The van der Waals surface area contributed by atoms with Gasteiger partial charge in [0.15, 0.2) is 0 Å². The number of likely N-dealkylation sites (tertiary alicyclic amines) is 1. The monoisotopic (exact) mass is 367 g/mol. The van der Waals surface area contributed by atoms with Crippen molar-refractivity contribution in [2.45, 2.75) is 51.3 Å². The van der Waals surface area contributed by atoms with Gasteiger partial charge in [0.1, 0.15) is 11.1 Å². The van der Waals surface area contributed by atoms with Gasteiger partial charge in [-0.15, -0.1) is 11.3 Å². The van der Waals surface area contributed by atoms with Crippen LogP contribution in [0.25, 0.3) is 0 Å². The average molecular weight is 367 g/mol. The van der Waals surface area contributed by atoms with E-state index in [-0.39, 0.29) is 24.1 Å². The fourth-order valence-electron chi connectivity index (χ4n) is 3.40. The molecule has 8 heteroatoms. The van der Waals surface area contributed by atoms with E-state index in [1.165, 1.54) is 0 Å². The van der Waals surface area contributed by atoms with Crippen molar-refractivity contribution >= 4 is 23.3 Å². The predicted molar refractivity (Wildman–Crippen MR) is 93.3 cm³/mol. The Morgan fingerprint density at radius 2 is 2.20 bits per heavy atom. The van der Waals surface area contributed by atoms with Crippen molar-refractivity contribution in [2.24, 2.45) is 0 Å². The molecular weight excluding hydrogens is 342 g/mol. The maximum atomic E-state index is 13.0. The number of hydrogen-bond acceptors (Lipinski definition) is 6. The number of piperidine rings is 1. The molecule has 25 heavy (non-hydrogen) atoms. The number of amides is 2. The smallest absolute Gasteiger partial charge is 0.409 e. The Morgan fingerprint density at radius 1 is 1.40 bits per heavy atom. The first-order chi connectivity index (χ1) is 12.2. The van der Waals surface area contributed by atoms with Crippen molar-refractivity contribution in [3.05, 3.63) is 16.6 Å². The highest BCUT2D eigenvalue weighted by Gasteiger charge is 2.35. The highest BCUT2D eigenvalue weighted by atomic mass is 32.1. The van der Waals surface area contributed by atoms with Gasteiger partial charge in [-0.2, -0.15) is 0 Å². The van der Waals surface area contributed by atoms with E-state index in [9.17, 15) is 9.59 Å². The van der Waals surface area contributed by atoms with E-state index in [4.69, 9.17) is 9.47 Å². The molecule has 0 saturated carbocycles. The zero-order chi connectivity index (χ0) is 17.6. The zero-order valence-electron chi connectivity index (χ0n) is 14.6. The number of hydrogen-bond donors (Lipinski definition) is 0. The van der Waals surface area contributed by atoms with Crippen molar-refractivity contribution in [1.29, 1.82) is 0 Å². The Morgan fingerprint density at radius 3 is 2.80 bits per heavy atom. The van der Waals surface area contributed by atoms with Crippen LogP contribution in [0.15, 0.2) is 11.6 Å². The molecule has 0 N–H and O–H groups in total. The maximum Gasteiger partial charge on any atom is 0.409 e. The summed E-state index contributed by atoms with van der Waals surface area (Å²) in [6.07, 6.45) is 4.39. The van der Waals surface area contributed by atoms with Gasteiger partial charge in [0, 0.05) is 37.3 Å². The molecule has 0 aliphatic carbocycles. The van der Waals surface area contributed by atoms with Crippen LogP contribution in [0.4, 0.5) is 4.79 Å². The fraction of sp³-hybridized carbons (Fsp3) is 0.706. The molecule has 2 saturated heterocycles. The molecule has 7 nitrogen and oxygen atoms in total. The third-order valence-corrected chi connectivity index (χ3v) is 5.47. The van der Waals surface area contributed by atoms with Crippen LogP contribution in [-0.4, -0.2) is 65.2 Å². The van der Waals surface area contributed by atoms with E-state index in [0.29, 0.717) is 32.8 Å². The normalized spacial score (nSPS) is 21.3. The second kappa shape index (κ2) is 8.62.